The number of ether oxygens (including phenoxy) is 1. The molecule has 0 saturated heterocycles. The quantitative estimate of drug-likeness (QED) is 0.678. The number of hydrogen-bond acceptors (Lipinski definition) is 5. The van der Waals surface area contributed by atoms with Gasteiger partial charge in [0.1, 0.15) is 5.75 Å². The first-order chi connectivity index (χ1) is 13.9. The molecule has 29 heavy (non-hydrogen) atoms. The number of fused-ring (bicyclic) bond motifs is 1. The Balaban J connectivity index is 1.53. The minimum Gasteiger partial charge on any atom is -0.478 e. The van der Waals surface area contributed by atoms with Crippen LogP contribution in [0.5, 0.6) is 5.75 Å². The molecule has 0 bridgehead atoms. The maximum Gasteiger partial charge on any atom is 0.261 e. The predicted octanol–water partition coefficient (Wildman–Crippen LogP) is 2.96. The Kier molecular flexibility index (Phi) is 7.08. The first-order valence-electron chi connectivity index (χ1n) is 9.49. The Morgan fingerprint density at radius 1 is 1.21 bits per heavy atom. The van der Waals surface area contributed by atoms with Crippen LogP contribution in [0.15, 0.2) is 48.5 Å². The van der Waals surface area contributed by atoms with Crippen LogP contribution in [0.4, 0.5) is 5.69 Å². The number of sulfonamides is 1. The smallest absolute Gasteiger partial charge is 0.261 e. The van der Waals surface area contributed by atoms with E-state index in [1.165, 1.54) is 15.4 Å². The average Bonchev–Trinajstić information content (AvgIpc) is 2.88. The summed E-state index contributed by atoms with van der Waals surface area (Å²) in [5.41, 5.74) is 3.04. The van der Waals surface area contributed by atoms with E-state index in [-0.39, 0.29) is 12.5 Å². The van der Waals surface area contributed by atoms with Crippen molar-refractivity contribution in [1.29, 1.82) is 0 Å². The van der Waals surface area contributed by atoms with Crippen LogP contribution < -0.4 is 14.4 Å². The van der Waals surface area contributed by atoms with Crippen molar-refractivity contribution in [2.24, 2.45) is 0 Å². The Hall–Kier alpha value is -2.19. The number of benzene rings is 2. The van der Waals surface area contributed by atoms with Crippen molar-refractivity contribution in [2.75, 3.05) is 29.4 Å². The van der Waals surface area contributed by atoms with Gasteiger partial charge in [-0.05, 0) is 30.2 Å². The van der Waals surface area contributed by atoms with Crippen molar-refractivity contribution in [3.05, 3.63) is 59.7 Å². The number of amides is 1. The molecule has 0 saturated carbocycles. The molecule has 0 radical (unpaired) electrons. The normalized spacial score (nSPS) is 16.5. The van der Waals surface area contributed by atoms with Crippen LogP contribution in [-0.2, 0) is 20.6 Å². The fraction of sp³-hybridized carbons (Fsp3) is 0.381. The van der Waals surface area contributed by atoms with E-state index in [0.717, 1.165) is 17.8 Å². The van der Waals surface area contributed by atoms with Crippen molar-refractivity contribution in [3.63, 3.8) is 0 Å². The maximum atomic E-state index is 12.6. The number of nitrogens with zero attached hydrogens (tertiary/aromatic N) is 1. The molecule has 0 aliphatic carbocycles. The molecule has 8 heteroatoms. The lowest BCUT2D eigenvalue weighted by Gasteiger charge is -2.20. The number of hydrogen-bond donors (Lipinski definition) is 1. The van der Waals surface area contributed by atoms with Crippen LogP contribution in [0, 0.1) is 6.92 Å². The highest BCUT2D eigenvalue weighted by Crippen LogP contribution is 2.33. The van der Waals surface area contributed by atoms with Crippen LogP contribution in [0.25, 0.3) is 0 Å². The molecule has 1 aliphatic heterocycles. The second-order valence-corrected chi connectivity index (χ2v) is 9.98. The third kappa shape index (κ3) is 5.67. The van der Waals surface area contributed by atoms with Gasteiger partial charge >= 0.3 is 0 Å². The van der Waals surface area contributed by atoms with Gasteiger partial charge in [-0.2, -0.15) is 11.8 Å². The minimum atomic E-state index is -3.45. The number of carbonyl (C=O) groups excluding carboxylic acids is 1. The summed E-state index contributed by atoms with van der Waals surface area (Å²) in [6, 6.07) is 15.2. The van der Waals surface area contributed by atoms with Gasteiger partial charge in [-0.1, -0.05) is 36.4 Å². The summed E-state index contributed by atoms with van der Waals surface area (Å²) in [7, 11) is -3.45. The zero-order chi connectivity index (χ0) is 20.9. The van der Waals surface area contributed by atoms with Gasteiger partial charge in [-0.15, -0.1) is 0 Å². The van der Waals surface area contributed by atoms with E-state index in [1.807, 2.05) is 12.1 Å². The maximum absolute atomic E-state index is 12.6. The molecule has 0 spiro atoms. The van der Waals surface area contributed by atoms with Crippen LogP contribution >= 0.6 is 11.8 Å². The standard InChI is InChI=1S/C21H26N2O4S2/c1-16-7-3-4-8-17(16)15-28-14-12-22-21(24)20-11-13-23(29(2,25)26)18-9-5-6-10-19(18)27-20/h3-10,20H,11-15H2,1-2H3,(H,22,24)/t20-/m1/s1. The van der Waals surface area contributed by atoms with Crippen molar-refractivity contribution in [2.45, 2.75) is 25.2 Å². The number of rotatable bonds is 7. The van der Waals surface area contributed by atoms with Gasteiger partial charge in [0.15, 0.2) is 6.10 Å². The molecule has 1 amide bonds. The van der Waals surface area contributed by atoms with Crippen LogP contribution in [-0.4, -0.2) is 45.5 Å². The summed E-state index contributed by atoms with van der Waals surface area (Å²) in [5.74, 6) is 1.88. The number of aryl methyl sites for hydroxylation is 1. The third-order valence-corrected chi connectivity index (χ3v) is 6.94. The van der Waals surface area contributed by atoms with E-state index in [1.54, 1.807) is 36.0 Å². The Morgan fingerprint density at radius 3 is 2.69 bits per heavy atom. The lowest BCUT2D eigenvalue weighted by atomic mass is 10.1. The molecule has 1 N–H and O–H groups in total. The molecular weight excluding hydrogens is 408 g/mol. The Labute approximate surface area is 176 Å². The summed E-state index contributed by atoms with van der Waals surface area (Å²) < 4.78 is 31.4. The van der Waals surface area contributed by atoms with Gasteiger partial charge in [0.25, 0.3) is 5.91 Å². The zero-order valence-electron chi connectivity index (χ0n) is 16.6. The molecule has 1 atom stereocenters. The van der Waals surface area contributed by atoms with Crippen LogP contribution in [0.3, 0.4) is 0 Å². The highest BCUT2D eigenvalue weighted by Gasteiger charge is 2.30. The lowest BCUT2D eigenvalue weighted by molar-refractivity contribution is -0.127. The molecular formula is C21H26N2O4S2. The zero-order valence-corrected chi connectivity index (χ0v) is 18.3. The van der Waals surface area contributed by atoms with Crippen molar-refractivity contribution < 1.29 is 17.9 Å². The van der Waals surface area contributed by atoms with Gasteiger partial charge in [-0.25, -0.2) is 8.42 Å². The van der Waals surface area contributed by atoms with Crippen molar-refractivity contribution in [3.8, 4) is 5.75 Å². The van der Waals surface area contributed by atoms with E-state index in [9.17, 15) is 13.2 Å². The van der Waals surface area contributed by atoms with Gasteiger partial charge < -0.3 is 10.1 Å². The molecule has 2 aromatic rings. The Bertz CT molecular complexity index is 963. The monoisotopic (exact) mass is 434 g/mol. The summed E-state index contributed by atoms with van der Waals surface area (Å²) in [5, 5.41) is 2.91. The summed E-state index contributed by atoms with van der Waals surface area (Å²) >= 11 is 1.76. The average molecular weight is 435 g/mol. The number of nitrogens with one attached hydrogen (secondary N) is 1. The fourth-order valence-corrected chi connectivity index (χ4v) is 5.05. The second kappa shape index (κ2) is 9.54. The van der Waals surface area contributed by atoms with E-state index >= 15 is 0 Å². The number of anilines is 1. The van der Waals surface area contributed by atoms with E-state index in [2.05, 4.69) is 24.4 Å². The summed E-state index contributed by atoms with van der Waals surface area (Å²) in [6.07, 6.45) is 0.740. The molecule has 1 aliphatic rings. The third-order valence-electron chi connectivity index (χ3n) is 4.75. The van der Waals surface area contributed by atoms with Gasteiger partial charge in [-0.3, -0.25) is 9.10 Å². The van der Waals surface area contributed by atoms with Crippen LogP contribution in [0.1, 0.15) is 17.5 Å². The summed E-state index contributed by atoms with van der Waals surface area (Å²) in [6.45, 7) is 2.83. The highest BCUT2D eigenvalue weighted by molar-refractivity contribution is 7.98. The largest absolute Gasteiger partial charge is 0.478 e. The van der Waals surface area contributed by atoms with Gasteiger partial charge in [0, 0.05) is 31.0 Å². The van der Waals surface area contributed by atoms with Crippen molar-refractivity contribution >= 4 is 33.4 Å². The lowest BCUT2D eigenvalue weighted by Crippen LogP contribution is -2.40. The number of carbonyl (C=O) groups is 1. The van der Waals surface area contributed by atoms with E-state index in [4.69, 9.17) is 4.74 Å². The SMILES string of the molecule is Cc1ccccc1CSCCNC(=O)[C@H]1CCN(S(C)(=O)=O)c2ccccc2O1. The fourth-order valence-electron chi connectivity index (χ4n) is 3.17. The molecule has 0 unspecified atom stereocenters. The van der Waals surface area contributed by atoms with E-state index < -0.39 is 16.1 Å². The first-order valence-corrected chi connectivity index (χ1v) is 12.5. The van der Waals surface area contributed by atoms with Gasteiger partial charge in [0.05, 0.1) is 11.9 Å². The van der Waals surface area contributed by atoms with E-state index in [0.29, 0.717) is 24.4 Å². The number of para-hydroxylation sites is 2. The minimum absolute atomic E-state index is 0.204. The topological polar surface area (TPSA) is 75.7 Å². The molecule has 0 aromatic heterocycles. The summed E-state index contributed by atoms with van der Waals surface area (Å²) in [4.78, 5) is 12.6. The molecule has 3 rings (SSSR count). The molecule has 156 valence electrons. The first kappa shape index (κ1) is 21.5. The van der Waals surface area contributed by atoms with Gasteiger partial charge in [0.2, 0.25) is 10.0 Å². The predicted molar refractivity (Wildman–Crippen MR) is 118 cm³/mol. The van der Waals surface area contributed by atoms with Crippen molar-refractivity contribution in [1.82, 2.24) is 5.32 Å². The molecule has 2 aromatic carbocycles. The second-order valence-electron chi connectivity index (χ2n) is 6.97. The highest BCUT2D eigenvalue weighted by atomic mass is 32.2. The molecule has 6 nitrogen and oxygen atoms in total. The Morgan fingerprint density at radius 2 is 1.93 bits per heavy atom. The molecule has 1 heterocycles. The molecule has 0 fully saturated rings. The van der Waals surface area contributed by atoms with Crippen LogP contribution in [0.2, 0.25) is 0 Å². The number of thioether (sulfide) groups is 1.